The normalized spacial score (nSPS) is 12.6. The van der Waals surface area contributed by atoms with Gasteiger partial charge in [0.15, 0.2) is 0 Å². The highest BCUT2D eigenvalue weighted by Crippen LogP contribution is 2.28. The van der Waals surface area contributed by atoms with E-state index in [-0.39, 0.29) is 31.7 Å². The first-order valence-electron chi connectivity index (χ1n) is 10.7. The molecule has 0 fully saturated rings. The van der Waals surface area contributed by atoms with Crippen molar-refractivity contribution in [3.05, 3.63) is 44.8 Å². The van der Waals surface area contributed by atoms with E-state index in [0.717, 1.165) is 22.6 Å². The second-order valence-electron chi connectivity index (χ2n) is 7.36. The summed E-state index contributed by atoms with van der Waals surface area (Å²) in [5.41, 5.74) is 0. The van der Waals surface area contributed by atoms with Crippen molar-refractivity contribution < 1.29 is 24.2 Å². The van der Waals surface area contributed by atoms with Crippen LogP contribution in [0.3, 0.4) is 0 Å². The van der Waals surface area contributed by atoms with E-state index in [1.54, 1.807) is 27.6 Å². The monoisotopic (exact) mass is 481 g/mol. The molecule has 2 atom stereocenters. The van der Waals surface area contributed by atoms with Crippen LogP contribution < -0.4 is 10.6 Å². The average molecular weight is 482 g/mol. The zero-order valence-electron chi connectivity index (χ0n) is 18.4. The molecule has 2 heterocycles. The number of carboxylic acids is 1. The van der Waals surface area contributed by atoms with Crippen LogP contribution in [0.1, 0.15) is 55.3 Å². The van der Waals surface area contributed by atoms with Crippen LogP contribution in [0.4, 0.5) is 9.59 Å². The van der Waals surface area contributed by atoms with E-state index in [4.69, 9.17) is 9.84 Å². The number of hydrogen-bond donors (Lipinski definition) is 3. The van der Waals surface area contributed by atoms with Gasteiger partial charge in [-0.25, -0.2) is 9.59 Å². The van der Waals surface area contributed by atoms with Crippen molar-refractivity contribution in [2.75, 3.05) is 13.2 Å². The summed E-state index contributed by atoms with van der Waals surface area (Å²) in [7, 11) is 0. The van der Waals surface area contributed by atoms with E-state index in [0.29, 0.717) is 13.0 Å². The molecular weight excluding hydrogens is 450 g/mol. The molecule has 3 amide bonds. The topological polar surface area (TPSA) is 108 Å². The molecule has 0 aromatic carbocycles. The molecule has 2 aromatic rings. The lowest BCUT2D eigenvalue weighted by Gasteiger charge is -2.28. The van der Waals surface area contributed by atoms with Gasteiger partial charge in [0.2, 0.25) is 0 Å². The SMILES string of the molecule is CCCC[C@@H](COC(=O)N(Cc1cccs1)C(C)c1cccs1)NC(=O)NCCC(=O)O. The maximum Gasteiger partial charge on any atom is 0.410 e. The Hall–Kier alpha value is -2.59. The number of carboxylic acid groups (broad SMARTS) is 1. The highest BCUT2D eigenvalue weighted by atomic mass is 32.1. The zero-order valence-corrected chi connectivity index (χ0v) is 20.0. The highest BCUT2D eigenvalue weighted by molar-refractivity contribution is 7.10. The van der Waals surface area contributed by atoms with Crippen molar-refractivity contribution in [1.82, 2.24) is 15.5 Å². The van der Waals surface area contributed by atoms with Gasteiger partial charge in [0.25, 0.3) is 0 Å². The minimum Gasteiger partial charge on any atom is -0.481 e. The number of unbranched alkanes of at least 4 members (excludes halogenated alkanes) is 1. The van der Waals surface area contributed by atoms with Crippen LogP contribution in [-0.2, 0) is 16.1 Å². The molecule has 2 rings (SSSR count). The van der Waals surface area contributed by atoms with Crippen LogP contribution in [0.5, 0.6) is 0 Å². The summed E-state index contributed by atoms with van der Waals surface area (Å²) in [5, 5.41) is 18.0. The van der Waals surface area contributed by atoms with Crippen molar-refractivity contribution >= 4 is 40.8 Å². The van der Waals surface area contributed by atoms with Gasteiger partial charge >= 0.3 is 18.1 Å². The van der Waals surface area contributed by atoms with Gasteiger partial charge in [-0.2, -0.15) is 0 Å². The molecule has 32 heavy (non-hydrogen) atoms. The molecule has 3 N–H and O–H groups in total. The van der Waals surface area contributed by atoms with E-state index in [1.807, 2.05) is 48.9 Å². The van der Waals surface area contributed by atoms with Gasteiger partial charge < -0.3 is 20.5 Å². The first-order chi connectivity index (χ1) is 15.4. The smallest absolute Gasteiger partial charge is 0.410 e. The molecule has 0 bridgehead atoms. The molecule has 0 radical (unpaired) electrons. The number of ether oxygens (including phenoxy) is 1. The molecule has 0 spiro atoms. The predicted octanol–water partition coefficient (Wildman–Crippen LogP) is 4.84. The van der Waals surface area contributed by atoms with Crippen LogP contribution in [0.15, 0.2) is 35.0 Å². The van der Waals surface area contributed by atoms with Crippen molar-refractivity contribution in [2.24, 2.45) is 0 Å². The van der Waals surface area contributed by atoms with Crippen molar-refractivity contribution in [3.8, 4) is 0 Å². The first kappa shape index (κ1) is 25.7. The van der Waals surface area contributed by atoms with Gasteiger partial charge in [-0.3, -0.25) is 9.69 Å². The standard InChI is InChI=1S/C22H31N3O5S2/c1-3-4-7-17(24-21(28)23-11-10-20(26)27)15-30-22(29)25(14-18-8-5-12-31-18)16(2)19-9-6-13-32-19/h5-6,8-9,12-13,16-17H,3-4,7,10-11,14-15H2,1-2H3,(H,26,27)(H2,23,24,28)/t16?,17-/m0/s1. The second-order valence-corrected chi connectivity index (χ2v) is 9.37. The molecule has 0 saturated heterocycles. The third-order valence-corrected chi connectivity index (χ3v) is 6.74. The maximum atomic E-state index is 13.0. The fourth-order valence-corrected chi connectivity index (χ4v) is 4.53. The molecule has 8 nitrogen and oxygen atoms in total. The molecule has 176 valence electrons. The zero-order chi connectivity index (χ0) is 23.3. The minimum absolute atomic E-state index is 0.0361. The summed E-state index contributed by atoms with van der Waals surface area (Å²) in [6, 6.07) is 6.92. The number of hydrogen-bond acceptors (Lipinski definition) is 6. The number of rotatable bonds is 13. The summed E-state index contributed by atoms with van der Waals surface area (Å²) in [6.07, 6.45) is 1.87. The third-order valence-electron chi connectivity index (χ3n) is 4.84. The van der Waals surface area contributed by atoms with E-state index in [9.17, 15) is 14.4 Å². The number of thiophene rings is 2. The van der Waals surface area contributed by atoms with Crippen LogP contribution in [0.2, 0.25) is 0 Å². The fourth-order valence-electron chi connectivity index (χ4n) is 3.03. The number of nitrogens with one attached hydrogen (secondary N) is 2. The van der Waals surface area contributed by atoms with Crippen LogP contribution in [0.25, 0.3) is 0 Å². The Morgan fingerprint density at radius 3 is 2.56 bits per heavy atom. The van der Waals surface area contributed by atoms with Gasteiger partial charge in [0.05, 0.1) is 25.0 Å². The van der Waals surface area contributed by atoms with Crippen LogP contribution >= 0.6 is 22.7 Å². The minimum atomic E-state index is -0.979. The van der Waals surface area contributed by atoms with Gasteiger partial charge in [-0.05, 0) is 36.2 Å². The van der Waals surface area contributed by atoms with E-state index < -0.39 is 18.1 Å². The summed E-state index contributed by atoms with van der Waals surface area (Å²) < 4.78 is 5.63. The van der Waals surface area contributed by atoms with E-state index in [2.05, 4.69) is 10.6 Å². The third kappa shape index (κ3) is 8.88. The average Bonchev–Trinajstić information content (AvgIpc) is 3.47. The lowest BCUT2D eigenvalue weighted by molar-refractivity contribution is -0.136. The Balaban J connectivity index is 1.98. The quantitative estimate of drug-likeness (QED) is 0.379. The molecule has 2 aromatic heterocycles. The largest absolute Gasteiger partial charge is 0.481 e. The van der Waals surface area contributed by atoms with Gasteiger partial charge in [0.1, 0.15) is 6.61 Å². The molecule has 1 unspecified atom stereocenters. The van der Waals surface area contributed by atoms with E-state index in [1.165, 1.54) is 0 Å². The Bertz CT molecular complexity index is 827. The number of urea groups is 1. The van der Waals surface area contributed by atoms with E-state index >= 15 is 0 Å². The van der Waals surface area contributed by atoms with Crippen LogP contribution in [0, 0.1) is 0 Å². The maximum absolute atomic E-state index is 13.0. The van der Waals surface area contributed by atoms with Crippen molar-refractivity contribution in [3.63, 3.8) is 0 Å². The number of carbonyl (C=O) groups excluding carboxylic acids is 2. The van der Waals surface area contributed by atoms with Crippen LogP contribution in [-0.4, -0.2) is 47.3 Å². The van der Waals surface area contributed by atoms with Gasteiger partial charge in [-0.1, -0.05) is 31.9 Å². The molecular formula is C22H31N3O5S2. The summed E-state index contributed by atoms with van der Waals surface area (Å²) in [5.74, 6) is -0.979. The van der Waals surface area contributed by atoms with Gasteiger partial charge in [-0.15, -0.1) is 22.7 Å². The van der Waals surface area contributed by atoms with Crippen molar-refractivity contribution in [2.45, 2.75) is 58.2 Å². The van der Waals surface area contributed by atoms with Gasteiger partial charge in [0, 0.05) is 16.3 Å². The molecule has 0 aliphatic rings. The second kappa shape index (κ2) is 13.7. The first-order valence-corrected chi connectivity index (χ1v) is 12.4. The number of nitrogens with zero attached hydrogens (tertiary/aromatic N) is 1. The summed E-state index contributed by atoms with van der Waals surface area (Å²) in [4.78, 5) is 39.6. The molecule has 0 saturated carbocycles. The molecule has 10 heteroatoms. The number of aliphatic carboxylic acids is 1. The number of amides is 3. The summed E-state index contributed by atoms with van der Waals surface area (Å²) in [6.45, 7) is 4.54. The molecule has 0 aliphatic carbocycles. The predicted molar refractivity (Wildman–Crippen MR) is 126 cm³/mol. The number of carbonyl (C=O) groups is 3. The Morgan fingerprint density at radius 2 is 1.94 bits per heavy atom. The molecule has 0 aliphatic heterocycles. The summed E-state index contributed by atoms with van der Waals surface area (Å²) >= 11 is 3.17. The van der Waals surface area contributed by atoms with Crippen molar-refractivity contribution in [1.29, 1.82) is 0 Å². The fraction of sp³-hybridized carbons (Fsp3) is 0.500. The lowest BCUT2D eigenvalue weighted by Crippen LogP contribution is -2.45. The Morgan fingerprint density at radius 1 is 1.19 bits per heavy atom. The highest BCUT2D eigenvalue weighted by Gasteiger charge is 2.25. The Kier molecular flexibility index (Phi) is 11.0. The lowest BCUT2D eigenvalue weighted by atomic mass is 10.1. The Labute approximate surface area is 196 Å².